The summed E-state index contributed by atoms with van der Waals surface area (Å²) < 4.78 is 14.5. The molecule has 30 heavy (non-hydrogen) atoms. The van der Waals surface area contributed by atoms with Crippen molar-refractivity contribution in [1.82, 2.24) is 0 Å². The van der Waals surface area contributed by atoms with Crippen molar-refractivity contribution in [2.24, 2.45) is 0 Å². The normalized spacial score (nSPS) is 9.57. The minimum Gasteiger partial charge on any atom is -1.00 e. The average molecular weight is 452 g/mol. The number of aromatic nitrogens is 2. The van der Waals surface area contributed by atoms with E-state index in [1.54, 1.807) is 0 Å². The van der Waals surface area contributed by atoms with Gasteiger partial charge in [-0.15, -0.1) is 0 Å². The van der Waals surface area contributed by atoms with Gasteiger partial charge in [-0.3, -0.25) is 0 Å². The van der Waals surface area contributed by atoms with Crippen LogP contribution in [-0.4, -0.2) is 0 Å². The Morgan fingerprint density at radius 1 is 0.800 bits per heavy atom. The van der Waals surface area contributed by atoms with Gasteiger partial charge in [-0.25, -0.2) is 0 Å². The summed E-state index contributed by atoms with van der Waals surface area (Å²) in [4.78, 5) is 0. The van der Waals surface area contributed by atoms with Crippen LogP contribution in [0.25, 0.3) is 27.6 Å². The molecule has 4 rings (SSSR count). The van der Waals surface area contributed by atoms with Crippen LogP contribution in [0, 0.1) is 17.0 Å². The molecule has 0 N–H and O–H groups in total. The molecule has 0 radical (unpaired) electrons. The molecule has 0 saturated carbocycles. The monoisotopic (exact) mass is 451 g/mol. The van der Waals surface area contributed by atoms with Gasteiger partial charge >= 0.3 is 111 Å². The molecule has 4 nitrogen and oxygen atoms in total. The molecule has 0 spiro atoms. The van der Waals surface area contributed by atoms with Crippen LogP contribution in [-0.2, 0) is 11.1 Å². The third-order valence-electron chi connectivity index (χ3n) is 4.67. The molecule has 0 unspecified atom stereocenters. The first-order chi connectivity index (χ1) is 13.8. The summed E-state index contributed by atoms with van der Waals surface area (Å²) >= 11 is 0. The van der Waals surface area contributed by atoms with Gasteiger partial charge in [-0.05, 0) is 12.1 Å². The summed E-state index contributed by atoms with van der Waals surface area (Å²) in [7, 11) is -0.0768. The first-order valence-corrected chi connectivity index (χ1v) is 9.59. The van der Waals surface area contributed by atoms with Gasteiger partial charge in [0, 0.05) is 5.39 Å². The molecular formula is C23H16Cl2N3OP. The number of fused-ring (bicyclic) bond motifs is 1. The van der Waals surface area contributed by atoms with Crippen molar-refractivity contribution in [2.45, 2.75) is 6.54 Å². The fourth-order valence-electron chi connectivity index (χ4n) is 3.25. The van der Waals surface area contributed by atoms with Gasteiger partial charge in [0.15, 0.2) is 0 Å². The van der Waals surface area contributed by atoms with Crippen LogP contribution in [0.4, 0.5) is 0 Å². The molecule has 0 aliphatic rings. The maximum atomic E-state index is 10.5. The van der Waals surface area contributed by atoms with Crippen molar-refractivity contribution in [3.8, 4) is 28.5 Å². The van der Waals surface area contributed by atoms with Crippen LogP contribution >= 0.6 is 7.92 Å². The SMILES string of the molecule is N#Cc1ccc(-[n+]2ccc(-c3cc[n+](CC#P=O)cc3)cc2)c2ccccc12.[Cl-].[Cl-]. The Morgan fingerprint density at radius 2 is 1.40 bits per heavy atom. The Hall–Kier alpha value is -2.92. The first kappa shape index (κ1) is 23.4. The van der Waals surface area contributed by atoms with E-state index in [2.05, 4.69) is 28.4 Å². The molecule has 7 heteroatoms. The summed E-state index contributed by atoms with van der Waals surface area (Å²) in [5, 5.41) is 11.4. The smallest absolute Gasteiger partial charge is 1.00 e. The minimum atomic E-state index is -0.0768. The summed E-state index contributed by atoms with van der Waals surface area (Å²) in [5.41, 5.74) is 6.66. The number of nitrogens with zero attached hydrogens (tertiary/aromatic N) is 3. The molecule has 2 aromatic heterocycles. The van der Waals surface area contributed by atoms with E-state index >= 15 is 0 Å². The predicted octanol–water partition coefficient (Wildman–Crippen LogP) is -1.80. The van der Waals surface area contributed by atoms with Crippen LogP contribution in [0.1, 0.15) is 5.56 Å². The Morgan fingerprint density at radius 3 is 2.00 bits per heavy atom. The number of benzene rings is 2. The van der Waals surface area contributed by atoms with E-state index < -0.39 is 0 Å². The molecule has 0 bridgehead atoms. The molecule has 0 atom stereocenters. The van der Waals surface area contributed by atoms with E-state index in [9.17, 15) is 9.83 Å². The van der Waals surface area contributed by atoms with E-state index in [-0.39, 0.29) is 32.7 Å². The van der Waals surface area contributed by atoms with E-state index in [0.717, 1.165) is 27.6 Å². The molecule has 2 heterocycles. The molecule has 0 saturated heterocycles. The molecule has 148 valence electrons. The van der Waals surface area contributed by atoms with Gasteiger partial charge in [0.05, 0.1) is 11.6 Å². The van der Waals surface area contributed by atoms with Crippen LogP contribution < -0.4 is 33.9 Å². The maximum absolute atomic E-state index is 10.5. The van der Waals surface area contributed by atoms with Crippen LogP contribution in [0.2, 0.25) is 0 Å². The Kier molecular flexibility index (Phi) is 8.36. The minimum absolute atomic E-state index is 0. The molecule has 0 fully saturated rings. The second-order valence-electron chi connectivity index (χ2n) is 6.29. The second kappa shape index (κ2) is 10.7. The molecule has 0 aliphatic heterocycles. The Balaban J connectivity index is 0.00000160. The quantitative estimate of drug-likeness (QED) is 0.272. The van der Waals surface area contributed by atoms with E-state index in [1.807, 2.05) is 77.9 Å². The Labute approximate surface area is 188 Å². The fraction of sp³-hybridized carbons (Fsp3) is 0.0435. The van der Waals surface area contributed by atoms with Crippen molar-refractivity contribution in [3.63, 3.8) is 0 Å². The Bertz CT molecular complexity index is 1310. The zero-order chi connectivity index (χ0) is 19.3. The molecule has 0 aliphatic carbocycles. The first-order valence-electron chi connectivity index (χ1n) is 8.78. The van der Waals surface area contributed by atoms with Crippen LogP contribution in [0.15, 0.2) is 85.5 Å². The average Bonchev–Trinajstić information content (AvgIpc) is 2.77. The van der Waals surface area contributed by atoms with Crippen molar-refractivity contribution in [2.75, 3.05) is 0 Å². The predicted molar refractivity (Wildman–Crippen MR) is 107 cm³/mol. The molecule has 2 aromatic carbocycles. The summed E-state index contributed by atoms with van der Waals surface area (Å²) in [6, 6.07) is 22.3. The van der Waals surface area contributed by atoms with Crippen molar-refractivity contribution < 1.29 is 38.5 Å². The third kappa shape index (κ3) is 4.79. The second-order valence-corrected chi connectivity index (χ2v) is 6.79. The zero-order valence-corrected chi connectivity index (χ0v) is 18.1. The zero-order valence-electron chi connectivity index (χ0n) is 15.7. The fourth-order valence-corrected chi connectivity index (χ4v) is 3.47. The van der Waals surface area contributed by atoms with Crippen molar-refractivity contribution in [3.05, 3.63) is 91.0 Å². The molecule has 4 aromatic rings. The van der Waals surface area contributed by atoms with Gasteiger partial charge in [-0.2, -0.15) is 5.26 Å². The summed E-state index contributed by atoms with van der Waals surface area (Å²) in [6.07, 6.45) is 7.95. The number of nitriles is 1. The number of halogens is 2. The van der Waals surface area contributed by atoms with Gasteiger partial charge in [0.1, 0.15) is 0 Å². The van der Waals surface area contributed by atoms with Crippen molar-refractivity contribution in [1.29, 1.82) is 5.26 Å². The number of hydrogen-bond donors (Lipinski definition) is 0. The van der Waals surface area contributed by atoms with E-state index in [1.165, 1.54) is 0 Å². The van der Waals surface area contributed by atoms with E-state index in [0.29, 0.717) is 12.1 Å². The third-order valence-corrected chi connectivity index (χ3v) is 4.94. The van der Waals surface area contributed by atoms with E-state index in [4.69, 9.17) is 0 Å². The molecule has 0 amide bonds. The van der Waals surface area contributed by atoms with Gasteiger partial charge in [0.2, 0.25) is 0 Å². The molecular weight excluding hydrogens is 436 g/mol. The van der Waals surface area contributed by atoms with Crippen LogP contribution in [0.3, 0.4) is 0 Å². The number of pyridine rings is 2. The van der Waals surface area contributed by atoms with Gasteiger partial charge in [-0.1, -0.05) is 18.2 Å². The standard InChI is InChI=1S/C23H16N3OP.2ClH/c24-17-20-5-6-23(22-4-2-1-3-21(20)22)26-13-9-19(10-14-26)18-7-11-25(12-8-18)15-16-28-27;;/h1-14H,15H2;2*1H/q+2;;/p-2. The number of rotatable bonds is 3. The van der Waals surface area contributed by atoms with Gasteiger partial charge in [0.25, 0.3) is 0 Å². The van der Waals surface area contributed by atoms with Crippen molar-refractivity contribution >= 4 is 18.7 Å². The summed E-state index contributed by atoms with van der Waals surface area (Å²) in [5.74, 6) is 0. The van der Waals surface area contributed by atoms with Gasteiger partial charge < -0.3 is 24.8 Å². The topological polar surface area (TPSA) is 48.6 Å². The van der Waals surface area contributed by atoms with Crippen LogP contribution in [0.5, 0.6) is 0 Å². The number of hydrogen-bond acceptors (Lipinski definition) is 2. The summed E-state index contributed by atoms with van der Waals surface area (Å²) in [6.45, 7) is 0.492.